The molecule has 0 fully saturated rings. The Morgan fingerprint density at radius 3 is 2.84 bits per heavy atom. The molecule has 19 heavy (non-hydrogen) atoms. The number of anilines is 1. The Balaban J connectivity index is 2.36. The van der Waals surface area contributed by atoms with E-state index in [0.29, 0.717) is 12.2 Å². The van der Waals surface area contributed by atoms with E-state index in [0.717, 1.165) is 16.7 Å². The smallest absolute Gasteiger partial charge is 0.265 e. The highest BCUT2D eigenvalue weighted by Crippen LogP contribution is 2.31. The second-order valence-corrected chi connectivity index (χ2v) is 6.01. The molecule has 0 aliphatic heterocycles. The van der Waals surface area contributed by atoms with Crippen molar-refractivity contribution in [3.05, 3.63) is 28.3 Å². The molecule has 2 heterocycles. The number of rotatable bonds is 5. The predicted molar refractivity (Wildman–Crippen MR) is 66.0 cm³/mol. The van der Waals surface area contributed by atoms with Crippen LogP contribution in [0.1, 0.15) is 24.7 Å². The van der Waals surface area contributed by atoms with Gasteiger partial charge < -0.3 is 4.52 Å². The minimum atomic E-state index is -4.07. The zero-order valence-electron chi connectivity index (χ0n) is 9.76. The van der Waals surface area contributed by atoms with E-state index in [1.54, 1.807) is 6.92 Å². The molecule has 0 spiro atoms. The molecule has 0 radical (unpaired) electrons. The van der Waals surface area contributed by atoms with Crippen molar-refractivity contribution in [2.24, 2.45) is 0 Å². The van der Waals surface area contributed by atoms with Crippen molar-refractivity contribution in [2.45, 2.75) is 24.7 Å². The quantitative estimate of drug-likeness (QED) is 0.921. The van der Waals surface area contributed by atoms with E-state index in [2.05, 4.69) is 9.88 Å². The number of hydrogen-bond acceptors (Lipinski definition) is 5. The molecule has 2 aromatic rings. The van der Waals surface area contributed by atoms with E-state index in [4.69, 9.17) is 4.52 Å². The van der Waals surface area contributed by atoms with Crippen molar-refractivity contribution in [2.75, 3.05) is 4.72 Å². The first-order chi connectivity index (χ1) is 8.95. The van der Waals surface area contributed by atoms with Crippen LogP contribution in [0, 0.1) is 0 Å². The fraction of sp³-hybridized carbons (Fsp3) is 0.300. The molecule has 2 aromatic heterocycles. The van der Waals surface area contributed by atoms with Gasteiger partial charge in [-0.05, 0) is 0 Å². The number of hydrogen-bond donors (Lipinski definition) is 1. The number of halogens is 2. The predicted octanol–water partition coefficient (Wildman–Crippen LogP) is 3.04. The second kappa shape index (κ2) is 5.25. The summed E-state index contributed by atoms with van der Waals surface area (Å²) in [5, 5.41) is 5.76. The molecule has 0 unspecified atom stereocenters. The van der Waals surface area contributed by atoms with Crippen LogP contribution in [0.3, 0.4) is 0 Å². The van der Waals surface area contributed by atoms with Crippen molar-refractivity contribution in [3.8, 4) is 0 Å². The zero-order valence-corrected chi connectivity index (χ0v) is 11.4. The van der Waals surface area contributed by atoms with Crippen LogP contribution < -0.4 is 4.72 Å². The molecule has 0 amide bonds. The Labute approximate surface area is 112 Å². The lowest BCUT2D eigenvalue weighted by Crippen LogP contribution is -2.14. The van der Waals surface area contributed by atoms with E-state index >= 15 is 0 Å². The first-order valence-electron chi connectivity index (χ1n) is 5.26. The van der Waals surface area contributed by atoms with Crippen LogP contribution in [-0.4, -0.2) is 13.6 Å². The number of thiophene rings is 1. The van der Waals surface area contributed by atoms with Crippen LogP contribution in [0.2, 0.25) is 0 Å². The van der Waals surface area contributed by atoms with Crippen LogP contribution in [0.5, 0.6) is 0 Å². The van der Waals surface area contributed by atoms with Crippen LogP contribution in [0.4, 0.5) is 14.5 Å². The van der Waals surface area contributed by atoms with Gasteiger partial charge in [0.25, 0.3) is 16.4 Å². The van der Waals surface area contributed by atoms with Gasteiger partial charge >= 0.3 is 0 Å². The zero-order chi connectivity index (χ0) is 14.0. The lowest BCUT2D eigenvalue weighted by Gasteiger charge is -2.07. The molecule has 5 nitrogen and oxygen atoms in total. The number of nitrogens with one attached hydrogen (secondary N) is 1. The second-order valence-electron chi connectivity index (χ2n) is 3.61. The third-order valence-corrected chi connectivity index (χ3v) is 4.72. The molecule has 0 bridgehead atoms. The molecule has 0 aliphatic carbocycles. The van der Waals surface area contributed by atoms with Gasteiger partial charge in [0.1, 0.15) is 10.6 Å². The first kappa shape index (κ1) is 13.9. The summed E-state index contributed by atoms with van der Waals surface area (Å²) in [5.41, 5.74) is -0.346. The van der Waals surface area contributed by atoms with E-state index in [-0.39, 0.29) is 5.69 Å². The first-order valence-corrected chi connectivity index (χ1v) is 7.69. The molecular formula is C10H10F2N2O3S2. The van der Waals surface area contributed by atoms with Crippen LogP contribution in [-0.2, 0) is 16.4 Å². The fourth-order valence-corrected chi connectivity index (χ4v) is 3.95. The molecule has 0 aliphatic rings. The van der Waals surface area contributed by atoms with Crippen molar-refractivity contribution in [1.29, 1.82) is 0 Å². The molecule has 2 rings (SSSR count). The maximum Gasteiger partial charge on any atom is 0.265 e. The maximum absolute atomic E-state index is 12.7. The molecule has 0 aromatic carbocycles. The van der Waals surface area contributed by atoms with Gasteiger partial charge in [-0.1, -0.05) is 12.1 Å². The summed E-state index contributed by atoms with van der Waals surface area (Å²) >= 11 is 0.906. The number of nitrogens with zero attached hydrogens (tertiary/aromatic N) is 1. The van der Waals surface area contributed by atoms with Crippen molar-refractivity contribution in [3.63, 3.8) is 0 Å². The summed E-state index contributed by atoms with van der Waals surface area (Å²) in [7, 11) is -4.07. The molecule has 0 saturated carbocycles. The lowest BCUT2D eigenvalue weighted by atomic mass is 10.3. The van der Waals surface area contributed by atoms with Gasteiger partial charge in [-0.3, -0.25) is 4.72 Å². The van der Waals surface area contributed by atoms with Gasteiger partial charge in [0.2, 0.25) is 0 Å². The lowest BCUT2D eigenvalue weighted by molar-refractivity contribution is 0.148. The van der Waals surface area contributed by atoms with Crippen molar-refractivity contribution >= 4 is 27.0 Å². The van der Waals surface area contributed by atoms with E-state index in [9.17, 15) is 17.2 Å². The van der Waals surface area contributed by atoms with E-state index in [1.807, 2.05) is 0 Å². The summed E-state index contributed by atoms with van der Waals surface area (Å²) in [6.45, 7) is 1.76. The highest BCUT2D eigenvalue weighted by molar-refractivity contribution is 7.92. The van der Waals surface area contributed by atoms with Gasteiger partial charge in [-0.25, -0.2) is 17.2 Å². The van der Waals surface area contributed by atoms with Gasteiger partial charge in [-0.2, -0.15) is 11.3 Å². The number of sulfonamides is 1. The minimum absolute atomic E-state index is 0.161. The van der Waals surface area contributed by atoms with E-state index < -0.39 is 26.9 Å². The largest absolute Gasteiger partial charge is 0.359 e. The van der Waals surface area contributed by atoms with Gasteiger partial charge in [0.15, 0.2) is 5.76 Å². The summed E-state index contributed by atoms with van der Waals surface area (Å²) in [6.07, 6.45) is -1.21. The topological polar surface area (TPSA) is 72.2 Å². The fourth-order valence-electron chi connectivity index (χ4n) is 1.47. The van der Waals surface area contributed by atoms with Crippen molar-refractivity contribution < 1.29 is 21.7 Å². The van der Waals surface area contributed by atoms with Gasteiger partial charge in [-0.15, -0.1) is 0 Å². The summed E-state index contributed by atoms with van der Waals surface area (Å²) in [4.78, 5) is -0.421. The number of aryl methyl sites for hydroxylation is 1. The third-order valence-electron chi connectivity index (χ3n) is 2.39. The monoisotopic (exact) mass is 308 g/mol. The minimum Gasteiger partial charge on any atom is -0.359 e. The Morgan fingerprint density at radius 2 is 2.21 bits per heavy atom. The highest BCUT2D eigenvalue weighted by Gasteiger charge is 2.25. The average molecular weight is 308 g/mol. The molecule has 104 valence electrons. The van der Waals surface area contributed by atoms with Crippen molar-refractivity contribution in [1.82, 2.24) is 5.16 Å². The maximum atomic E-state index is 12.7. The Bertz CT molecular complexity index is 664. The molecule has 0 atom stereocenters. The van der Waals surface area contributed by atoms with Crippen LogP contribution in [0.25, 0.3) is 0 Å². The Kier molecular flexibility index (Phi) is 3.85. The van der Waals surface area contributed by atoms with Gasteiger partial charge in [0, 0.05) is 22.7 Å². The average Bonchev–Trinajstić information content (AvgIpc) is 2.95. The standard InChI is InChI=1S/C10H10F2N2O3S2/c1-2-8-7(3-13-17-8)14-19(15,16)9-5-18-4-6(9)10(11)12/h3-5,10,14H,2H2,1H3. The summed E-state index contributed by atoms with van der Waals surface area (Å²) < 4.78 is 56.5. The number of alkyl halides is 2. The molecule has 9 heteroatoms. The number of aromatic nitrogens is 1. The molecular weight excluding hydrogens is 298 g/mol. The van der Waals surface area contributed by atoms with Gasteiger partial charge in [0.05, 0.1) is 6.20 Å². The van der Waals surface area contributed by atoms with E-state index in [1.165, 1.54) is 11.6 Å². The third kappa shape index (κ3) is 2.76. The normalized spacial score (nSPS) is 12.0. The summed E-state index contributed by atoms with van der Waals surface area (Å²) in [5.74, 6) is 0.345. The summed E-state index contributed by atoms with van der Waals surface area (Å²) in [6, 6.07) is 0. The molecule has 1 N–H and O–H groups in total. The van der Waals surface area contributed by atoms with Crippen LogP contribution >= 0.6 is 11.3 Å². The van der Waals surface area contributed by atoms with Crippen LogP contribution in [0.15, 0.2) is 26.4 Å². The SMILES string of the molecule is CCc1oncc1NS(=O)(=O)c1cscc1C(F)F. The Hall–Kier alpha value is -1.48. The highest BCUT2D eigenvalue weighted by atomic mass is 32.2. The molecule has 0 saturated heterocycles. The Morgan fingerprint density at radius 1 is 1.47 bits per heavy atom.